The summed E-state index contributed by atoms with van der Waals surface area (Å²) in [7, 11) is 0. The van der Waals surface area contributed by atoms with Gasteiger partial charge in [-0.05, 0) is 37.9 Å². The fraction of sp³-hybridized carbons (Fsp3) is 0.222. The minimum Gasteiger partial charge on any atom is -0.341 e. The largest absolute Gasteiger partial charge is 0.341 e. The number of carbonyl (C=O) groups is 1. The zero-order chi connectivity index (χ0) is 12.1. The molecule has 0 bridgehead atoms. The van der Waals surface area contributed by atoms with Crippen molar-refractivity contribution in [1.82, 2.24) is 9.88 Å². The fourth-order valence-corrected chi connectivity index (χ4v) is 2.29. The SMILES string of the molecule is N#CCNC(=O)Cn1cc(Br)cc(Br)c1=O. The quantitative estimate of drug-likeness (QED) is 0.828. The second-order valence-corrected chi connectivity index (χ2v) is 4.64. The van der Waals surface area contributed by atoms with Gasteiger partial charge in [-0.2, -0.15) is 5.26 Å². The molecule has 0 aliphatic carbocycles. The predicted molar refractivity (Wildman–Crippen MR) is 64.7 cm³/mol. The summed E-state index contributed by atoms with van der Waals surface area (Å²) in [4.78, 5) is 22.9. The molecule has 1 aromatic rings. The van der Waals surface area contributed by atoms with Crippen LogP contribution in [-0.4, -0.2) is 17.0 Å². The Bertz CT molecular complexity index is 504. The minimum atomic E-state index is -0.381. The van der Waals surface area contributed by atoms with Crippen LogP contribution in [0.15, 0.2) is 26.0 Å². The van der Waals surface area contributed by atoms with Crippen LogP contribution in [0, 0.1) is 11.3 Å². The standard InChI is InChI=1S/C9H7Br2N3O2/c10-6-3-7(11)9(16)14(4-6)5-8(15)13-2-1-12/h3-4H,2,5H2,(H,13,15). The molecular formula is C9H7Br2N3O2. The van der Waals surface area contributed by atoms with E-state index in [-0.39, 0.29) is 24.6 Å². The number of carbonyl (C=O) groups excluding carboxylic acids is 1. The van der Waals surface area contributed by atoms with E-state index >= 15 is 0 Å². The Labute approximate surface area is 108 Å². The maximum Gasteiger partial charge on any atom is 0.265 e. The molecule has 84 valence electrons. The molecule has 0 radical (unpaired) electrons. The highest BCUT2D eigenvalue weighted by molar-refractivity contribution is 9.11. The molecule has 0 aromatic carbocycles. The zero-order valence-electron chi connectivity index (χ0n) is 8.04. The lowest BCUT2D eigenvalue weighted by Gasteiger charge is -2.06. The average Bonchev–Trinajstić information content (AvgIpc) is 2.22. The lowest BCUT2D eigenvalue weighted by molar-refractivity contribution is -0.121. The number of nitrogens with zero attached hydrogens (tertiary/aromatic N) is 2. The van der Waals surface area contributed by atoms with Gasteiger partial charge in [0.2, 0.25) is 5.91 Å². The van der Waals surface area contributed by atoms with Gasteiger partial charge in [0.1, 0.15) is 13.1 Å². The predicted octanol–water partition coefficient (Wildman–Crippen LogP) is 1.01. The Morgan fingerprint density at radius 3 is 2.88 bits per heavy atom. The van der Waals surface area contributed by atoms with Crippen molar-refractivity contribution in [2.24, 2.45) is 0 Å². The lowest BCUT2D eigenvalue weighted by Crippen LogP contribution is -2.32. The van der Waals surface area contributed by atoms with E-state index in [0.717, 1.165) is 0 Å². The number of pyridine rings is 1. The third kappa shape index (κ3) is 3.47. The maximum atomic E-state index is 11.6. The molecule has 1 aromatic heterocycles. The Hall–Kier alpha value is -1.13. The van der Waals surface area contributed by atoms with E-state index in [4.69, 9.17) is 5.26 Å². The van der Waals surface area contributed by atoms with Crippen LogP contribution in [0.1, 0.15) is 0 Å². The summed E-state index contributed by atoms with van der Waals surface area (Å²) < 4.78 is 2.31. The summed E-state index contributed by atoms with van der Waals surface area (Å²) in [5, 5.41) is 10.6. The molecule has 1 rings (SSSR count). The molecule has 16 heavy (non-hydrogen) atoms. The van der Waals surface area contributed by atoms with Crippen molar-refractivity contribution in [1.29, 1.82) is 5.26 Å². The molecule has 0 unspecified atom stereocenters. The van der Waals surface area contributed by atoms with Crippen molar-refractivity contribution < 1.29 is 4.79 Å². The summed E-state index contributed by atoms with van der Waals surface area (Å²) in [6.45, 7) is -0.179. The Morgan fingerprint density at radius 1 is 1.56 bits per heavy atom. The molecule has 0 fully saturated rings. The highest BCUT2D eigenvalue weighted by atomic mass is 79.9. The van der Waals surface area contributed by atoms with E-state index in [2.05, 4.69) is 37.2 Å². The van der Waals surface area contributed by atoms with Crippen LogP contribution in [-0.2, 0) is 11.3 Å². The van der Waals surface area contributed by atoms with Crippen LogP contribution in [0.4, 0.5) is 0 Å². The molecule has 1 amide bonds. The van der Waals surface area contributed by atoms with Gasteiger partial charge in [0, 0.05) is 10.7 Å². The van der Waals surface area contributed by atoms with Crippen LogP contribution in [0.3, 0.4) is 0 Å². The number of hydrogen-bond donors (Lipinski definition) is 1. The van der Waals surface area contributed by atoms with E-state index < -0.39 is 0 Å². The van der Waals surface area contributed by atoms with Gasteiger partial charge in [-0.15, -0.1) is 0 Å². The van der Waals surface area contributed by atoms with Crippen LogP contribution in [0.2, 0.25) is 0 Å². The number of hydrogen-bond acceptors (Lipinski definition) is 3. The topological polar surface area (TPSA) is 74.9 Å². The lowest BCUT2D eigenvalue weighted by atomic mass is 10.4. The maximum absolute atomic E-state index is 11.6. The summed E-state index contributed by atoms with van der Waals surface area (Å²) in [5.41, 5.74) is -0.296. The smallest absolute Gasteiger partial charge is 0.265 e. The van der Waals surface area contributed by atoms with Crippen molar-refractivity contribution in [3.05, 3.63) is 31.6 Å². The molecule has 0 atom stereocenters. The Balaban J connectivity index is 2.86. The van der Waals surface area contributed by atoms with Crippen molar-refractivity contribution in [3.63, 3.8) is 0 Å². The van der Waals surface area contributed by atoms with Gasteiger partial charge < -0.3 is 9.88 Å². The summed E-state index contributed by atoms with van der Waals surface area (Å²) in [5.74, 6) is -0.381. The fourth-order valence-electron chi connectivity index (χ4n) is 1.03. The van der Waals surface area contributed by atoms with E-state index in [1.807, 2.05) is 0 Å². The van der Waals surface area contributed by atoms with Crippen LogP contribution < -0.4 is 10.9 Å². The van der Waals surface area contributed by atoms with Crippen molar-refractivity contribution in [2.45, 2.75) is 6.54 Å². The van der Waals surface area contributed by atoms with Gasteiger partial charge in [-0.25, -0.2) is 0 Å². The summed E-state index contributed by atoms with van der Waals surface area (Å²) in [6, 6.07) is 3.39. The second-order valence-electron chi connectivity index (χ2n) is 2.87. The second kappa shape index (κ2) is 5.82. The Morgan fingerprint density at radius 2 is 2.25 bits per heavy atom. The first-order valence-electron chi connectivity index (χ1n) is 4.23. The summed E-state index contributed by atoms with van der Waals surface area (Å²) in [6.07, 6.45) is 1.51. The van der Waals surface area contributed by atoms with Crippen LogP contribution >= 0.6 is 31.9 Å². The molecule has 0 saturated heterocycles. The molecule has 0 saturated carbocycles. The monoisotopic (exact) mass is 347 g/mol. The number of aromatic nitrogens is 1. The van der Waals surface area contributed by atoms with E-state index in [1.54, 1.807) is 12.1 Å². The van der Waals surface area contributed by atoms with Gasteiger partial charge >= 0.3 is 0 Å². The molecule has 1 N–H and O–H groups in total. The molecule has 7 heteroatoms. The van der Waals surface area contributed by atoms with Gasteiger partial charge in [0.15, 0.2) is 0 Å². The summed E-state index contributed by atoms with van der Waals surface area (Å²) >= 11 is 6.31. The van der Waals surface area contributed by atoms with Crippen LogP contribution in [0.25, 0.3) is 0 Å². The molecule has 0 aliphatic rings. The number of nitrogens with one attached hydrogen (secondary N) is 1. The minimum absolute atomic E-state index is 0.0667. The van der Waals surface area contributed by atoms with E-state index in [0.29, 0.717) is 8.95 Å². The van der Waals surface area contributed by atoms with E-state index in [9.17, 15) is 9.59 Å². The average molecular weight is 349 g/mol. The molecule has 5 nitrogen and oxygen atoms in total. The third-order valence-electron chi connectivity index (χ3n) is 1.69. The first kappa shape index (κ1) is 12.9. The van der Waals surface area contributed by atoms with Crippen molar-refractivity contribution >= 4 is 37.8 Å². The number of nitriles is 1. The van der Waals surface area contributed by atoms with Crippen molar-refractivity contribution in [3.8, 4) is 6.07 Å². The molecule has 0 spiro atoms. The number of rotatable bonds is 3. The first-order chi connectivity index (χ1) is 7.54. The van der Waals surface area contributed by atoms with Gasteiger partial charge in [0.25, 0.3) is 5.56 Å². The van der Waals surface area contributed by atoms with E-state index in [1.165, 1.54) is 10.8 Å². The number of amides is 1. The van der Waals surface area contributed by atoms with Crippen molar-refractivity contribution in [2.75, 3.05) is 6.54 Å². The normalized spacial score (nSPS) is 9.56. The number of halogens is 2. The highest BCUT2D eigenvalue weighted by Crippen LogP contribution is 2.12. The zero-order valence-corrected chi connectivity index (χ0v) is 11.2. The van der Waals surface area contributed by atoms with Crippen LogP contribution in [0.5, 0.6) is 0 Å². The van der Waals surface area contributed by atoms with Gasteiger partial charge in [-0.3, -0.25) is 9.59 Å². The van der Waals surface area contributed by atoms with Gasteiger partial charge in [-0.1, -0.05) is 0 Å². The third-order valence-corrected chi connectivity index (χ3v) is 2.69. The highest BCUT2D eigenvalue weighted by Gasteiger charge is 2.07. The molecular weight excluding hydrogens is 342 g/mol. The van der Waals surface area contributed by atoms with Gasteiger partial charge in [0.05, 0.1) is 10.5 Å². The first-order valence-corrected chi connectivity index (χ1v) is 5.82. The molecule has 0 aliphatic heterocycles. The molecule has 1 heterocycles. The Kier molecular flexibility index (Phi) is 4.71.